The van der Waals surface area contributed by atoms with E-state index in [2.05, 4.69) is 6.92 Å². The van der Waals surface area contributed by atoms with E-state index in [1.807, 2.05) is 66.7 Å². The minimum Gasteiger partial charge on any atom is -0.460 e. The van der Waals surface area contributed by atoms with Crippen LogP contribution in [0.4, 0.5) is 5.69 Å². The summed E-state index contributed by atoms with van der Waals surface area (Å²) in [5, 5.41) is 0. The summed E-state index contributed by atoms with van der Waals surface area (Å²) in [7, 11) is 0. The number of esters is 1. The lowest BCUT2D eigenvalue weighted by Gasteiger charge is -2.23. The van der Waals surface area contributed by atoms with E-state index in [1.165, 1.54) is 0 Å². The van der Waals surface area contributed by atoms with E-state index in [-0.39, 0.29) is 18.5 Å². The third kappa shape index (κ3) is 2.80. The van der Waals surface area contributed by atoms with E-state index >= 15 is 0 Å². The van der Waals surface area contributed by atoms with Crippen LogP contribution in [-0.4, -0.2) is 30.1 Å². The Bertz CT molecular complexity index is 985. The molecule has 0 radical (unpaired) electrons. The Hall–Kier alpha value is -2.92. The van der Waals surface area contributed by atoms with Crippen molar-refractivity contribution in [3.63, 3.8) is 0 Å². The molecule has 29 heavy (non-hydrogen) atoms. The molecule has 2 fully saturated rings. The molecule has 3 heterocycles. The highest BCUT2D eigenvalue weighted by Gasteiger charge is 2.67. The summed E-state index contributed by atoms with van der Waals surface area (Å²) in [6.07, 6.45) is 4.32. The monoisotopic (exact) mass is 389 g/mol. The van der Waals surface area contributed by atoms with Gasteiger partial charge in [0.25, 0.3) is 0 Å². The van der Waals surface area contributed by atoms with Crippen LogP contribution in [0.2, 0.25) is 0 Å². The number of carbonyl (C=O) groups is 2. The number of aryl methyl sites for hydroxylation is 1. The predicted octanol–water partition coefficient (Wildman–Crippen LogP) is 3.28. The third-order valence-corrected chi connectivity index (χ3v) is 6.26. The number of para-hydroxylation sites is 1. The predicted molar refractivity (Wildman–Crippen MR) is 108 cm³/mol. The Morgan fingerprint density at radius 2 is 1.93 bits per heavy atom. The van der Waals surface area contributed by atoms with Gasteiger partial charge in [-0.05, 0) is 23.6 Å². The first-order valence-electron chi connectivity index (χ1n) is 10.1. The summed E-state index contributed by atoms with van der Waals surface area (Å²) in [5.41, 5.74) is 2.20. The second-order valence-electron chi connectivity index (χ2n) is 7.90. The fraction of sp³-hybridized carbons (Fsp3) is 0.333. The van der Waals surface area contributed by atoms with Crippen LogP contribution in [0, 0.1) is 11.8 Å². The van der Waals surface area contributed by atoms with Gasteiger partial charge >= 0.3 is 5.97 Å². The van der Waals surface area contributed by atoms with Crippen molar-refractivity contribution in [3.8, 4) is 0 Å². The largest absolute Gasteiger partial charge is 0.460 e. The maximum Gasteiger partial charge on any atom is 0.313 e. The van der Waals surface area contributed by atoms with Crippen LogP contribution in [0.25, 0.3) is 0 Å². The molecule has 3 aliphatic rings. The first-order chi connectivity index (χ1) is 14.1. The summed E-state index contributed by atoms with van der Waals surface area (Å²) in [5.74, 6) is -1.56. The highest BCUT2D eigenvalue weighted by Crippen LogP contribution is 2.53. The van der Waals surface area contributed by atoms with Crippen LogP contribution in [0.1, 0.15) is 18.1 Å². The van der Waals surface area contributed by atoms with Gasteiger partial charge in [-0.3, -0.25) is 9.59 Å². The van der Waals surface area contributed by atoms with Gasteiger partial charge in [-0.15, -0.1) is 0 Å². The van der Waals surface area contributed by atoms with Crippen molar-refractivity contribution in [2.45, 2.75) is 31.7 Å². The number of amides is 1. The molecule has 5 nitrogen and oxygen atoms in total. The Kier molecular flexibility index (Phi) is 4.28. The maximum absolute atomic E-state index is 13.4. The van der Waals surface area contributed by atoms with Crippen molar-refractivity contribution in [1.29, 1.82) is 0 Å². The van der Waals surface area contributed by atoms with E-state index in [4.69, 9.17) is 9.47 Å². The van der Waals surface area contributed by atoms with E-state index in [0.717, 1.165) is 23.2 Å². The molecule has 0 saturated carbocycles. The number of nitrogens with zero attached hydrogens (tertiary/aromatic N) is 1. The van der Waals surface area contributed by atoms with Gasteiger partial charge in [0.1, 0.15) is 18.1 Å². The van der Waals surface area contributed by atoms with Crippen molar-refractivity contribution in [3.05, 3.63) is 77.9 Å². The SMILES string of the molecule is CCc1ccccc1N1C[C@@]23C=C[C@H](O2)[C@H](C(=O)OCc2ccccc2)[C@H]3C1=O. The second-order valence-corrected chi connectivity index (χ2v) is 7.90. The molecule has 4 atom stereocenters. The fourth-order valence-corrected chi connectivity index (χ4v) is 4.87. The standard InChI is InChI=1S/C24H23NO4/c1-2-17-10-6-7-11-18(17)25-15-24-13-12-19(29-24)20(21(24)22(25)26)23(27)28-14-16-8-4-3-5-9-16/h3-13,19-21H,2,14-15H2,1H3/t19-,20-,21-,24+/m0/s1. The quantitative estimate of drug-likeness (QED) is 0.582. The van der Waals surface area contributed by atoms with Gasteiger partial charge in [-0.25, -0.2) is 0 Å². The Labute approximate surface area is 169 Å². The zero-order valence-electron chi connectivity index (χ0n) is 16.3. The lowest BCUT2D eigenvalue weighted by molar-refractivity contribution is -0.153. The Morgan fingerprint density at radius 1 is 1.17 bits per heavy atom. The number of hydrogen-bond acceptors (Lipinski definition) is 4. The number of anilines is 1. The molecule has 2 aromatic rings. The van der Waals surface area contributed by atoms with Gasteiger partial charge in [0.05, 0.1) is 18.6 Å². The molecule has 1 spiro atoms. The number of fused-ring (bicyclic) bond motifs is 1. The molecular weight excluding hydrogens is 366 g/mol. The number of benzene rings is 2. The molecule has 2 saturated heterocycles. The van der Waals surface area contributed by atoms with Crippen LogP contribution in [-0.2, 0) is 32.1 Å². The molecule has 0 N–H and O–H groups in total. The minimum absolute atomic E-state index is 0.0561. The van der Waals surface area contributed by atoms with Gasteiger partial charge in [-0.1, -0.05) is 67.6 Å². The number of ether oxygens (including phenoxy) is 2. The number of carbonyl (C=O) groups excluding carboxylic acids is 2. The highest BCUT2D eigenvalue weighted by atomic mass is 16.6. The highest BCUT2D eigenvalue weighted by molar-refractivity contribution is 6.03. The molecular formula is C24H23NO4. The van der Waals surface area contributed by atoms with E-state index in [9.17, 15) is 9.59 Å². The summed E-state index contributed by atoms with van der Waals surface area (Å²) < 4.78 is 11.8. The van der Waals surface area contributed by atoms with Crippen molar-refractivity contribution in [2.24, 2.45) is 11.8 Å². The molecule has 2 bridgehead atoms. The fourth-order valence-electron chi connectivity index (χ4n) is 4.87. The molecule has 0 unspecified atom stereocenters. The van der Waals surface area contributed by atoms with E-state index in [1.54, 1.807) is 4.90 Å². The van der Waals surface area contributed by atoms with Crippen LogP contribution in [0.15, 0.2) is 66.7 Å². The normalized spacial score (nSPS) is 29.3. The number of hydrogen-bond donors (Lipinski definition) is 0. The van der Waals surface area contributed by atoms with Gasteiger partial charge in [0.2, 0.25) is 5.91 Å². The van der Waals surface area contributed by atoms with E-state index < -0.39 is 23.5 Å². The Morgan fingerprint density at radius 3 is 2.72 bits per heavy atom. The molecule has 5 heteroatoms. The molecule has 3 aliphatic heterocycles. The zero-order chi connectivity index (χ0) is 20.0. The molecule has 5 rings (SSSR count). The molecule has 1 amide bonds. The second kappa shape index (κ2) is 6.85. The molecule has 2 aromatic carbocycles. The van der Waals surface area contributed by atoms with Crippen molar-refractivity contribution < 1.29 is 19.1 Å². The van der Waals surface area contributed by atoms with Gasteiger partial charge in [0, 0.05) is 5.69 Å². The smallest absolute Gasteiger partial charge is 0.313 e. The lowest BCUT2D eigenvalue weighted by Crippen LogP contribution is -2.40. The van der Waals surface area contributed by atoms with Gasteiger partial charge in [0.15, 0.2) is 0 Å². The van der Waals surface area contributed by atoms with Crippen LogP contribution in [0.5, 0.6) is 0 Å². The maximum atomic E-state index is 13.4. The van der Waals surface area contributed by atoms with Crippen LogP contribution in [0.3, 0.4) is 0 Å². The molecule has 148 valence electrons. The van der Waals surface area contributed by atoms with Gasteiger partial charge in [-0.2, -0.15) is 0 Å². The first kappa shape index (κ1) is 18.1. The third-order valence-electron chi connectivity index (χ3n) is 6.26. The summed E-state index contributed by atoms with van der Waals surface area (Å²) in [6, 6.07) is 17.5. The van der Waals surface area contributed by atoms with Crippen molar-refractivity contribution in [1.82, 2.24) is 0 Å². The summed E-state index contributed by atoms with van der Waals surface area (Å²) in [6.45, 7) is 2.70. The van der Waals surface area contributed by atoms with Gasteiger partial charge < -0.3 is 14.4 Å². The average Bonchev–Trinajstić information content (AvgIpc) is 3.41. The first-order valence-corrected chi connectivity index (χ1v) is 10.1. The summed E-state index contributed by atoms with van der Waals surface area (Å²) in [4.78, 5) is 28.2. The van der Waals surface area contributed by atoms with Crippen molar-refractivity contribution >= 4 is 17.6 Å². The Balaban J connectivity index is 1.40. The van der Waals surface area contributed by atoms with Crippen LogP contribution >= 0.6 is 0 Å². The molecule has 0 aromatic heterocycles. The average molecular weight is 389 g/mol. The number of rotatable bonds is 5. The minimum atomic E-state index is -0.737. The van der Waals surface area contributed by atoms with E-state index in [0.29, 0.717) is 6.54 Å². The summed E-state index contributed by atoms with van der Waals surface area (Å²) >= 11 is 0. The van der Waals surface area contributed by atoms with Crippen molar-refractivity contribution in [2.75, 3.05) is 11.4 Å². The molecule has 0 aliphatic carbocycles. The topological polar surface area (TPSA) is 55.8 Å². The zero-order valence-corrected chi connectivity index (χ0v) is 16.3. The van der Waals surface area contributed by atoms with Crippen LogP contribution < -0.4 is 4.90 Å². The lowest BCUT2D eigenvalue weighted by atomic mass is 9.77.